The van der Waals surface area contributed by atoms with Crippen molar-refractivity contribution < 1.29 is 14.3 Å². The van der Waals surface area contributed by atoms with Crippen LogP contribution >= 0.6 is 11.3 Å². The van der Waals surface area contributed by atoms with Crippen molar-refractivity contribution in [2.75, 3.05) is 6.61 Å². The zero-order valence-corrected chi connectivity index (χ0v) is 23.6. The Hall–Kier alpha value is -3.12. The standard InChI is InChI=1S/C31H40N2O3S/c1-6-8-9-10-11-20-35-27-18-16-24(17-19-27)28-22-32-29(37-28)25-14-12-23(13-15-25)21-26(7-2)33-30(34)36-31(3,4)5/h7,12-19,22H,6,8-11,20-21H2,1-5H3,(H,33,34). The van der Waals surface area contributed by atoms with Gasteiger partial charge >= 0.3 is 6.09 Å². The first-order chi connectivity index (χ1) is 17.8. The van der Waals surface area contributed by atoms with Crippen molar-refractivity contribution in [1.29, 1.82) is 0 Å². The highest BCUT2D eigenvalue weighted by Crippen LogP contribution is 2.33. The van der Waals surface area contributed by atoms with E-state index in [9.17, 15) is 4.79 Å². The third-order valence-corrected chi connectivity index (χ3v) is 6.86. The Bertz CT molecular complexity index is 1140. The van der Waals surface area contributed by atoms with E-state index in [0.29, 0.717) is 6.42 Å². The van der Waals surface area contributed by atoms with Gasteiger partial charge in [0.05, 0.1) is 11.5 Å². The summed E-state index contributed by atoms with van der Waals surface area (Å²) in [6.07, 6.45) is 10.2. The van der Waals surface area contributed by atoms with Gasteiger partial charge in [0, 0.05) is 23.9 Å². The molecule has 37 heavy (non-hydrogen) atoms. The van der Waals surface area contributed by atoms with Crippen LogP contribution in [0.15, 0.2) is 66.5 Å². The van der Waals surface area contributed by atoms with Gasteiger partial charge in [-0.05, 0) is 69.5 Å². The Morgan fingerprint density at radius 1 is 0.973 bits per heavy atom. The molecule has 0 saturated carbocycles. The molecule has 1 N–H and O–H groups in total. The lowest BCUT2D eigenvalue weighted by Crippen LogP contribution is -2.32. The maximum absolute atomic E-state index is 12.1. The van der Waals surface area contributed by atoms with Crippen molar-refractivity contribution in [3.63, 3.8) is 0 Å². The van der Waals surface area contributed by atoms with Crippen LogP contribution in [-0.2, 0) is 11.2 Å². The number of rotatable bonds is 12. The van der Waals surface area contributed by atoms with Crippen LogP contribution in [-0.4, -0.2) is 23.3 Å². The molecule has 0 aliphatic heterocycles. The summed E-state index contributed by atoms with van der Waals surface area (Å²) < 4.78 is 11.3. The van der Waals surface area contributed by atoms with Crippen LogP contribution in [0.25, 0.3) is 21.0 Å². The molecular formula is C31H40N2O3S. The average Bonchev–Trinajstić information content (AvgIpc) is 3.36. The predicted octanol–water partition coefficient (Wildman–Crippen LogP) is 8.80. The third-order valence-electron chi connectivity index (χ3n) is 5.77. The van der Waals surface area contributed by atoms with E-state index in [1.54, 1.807) is 11.3 Å². The van der Waals surface area contributed by atoms with Crippen LogP contribution in [0, 0.1) is 0 Å². The second-order valence-electron chi connectivity index (χ2n) is 10.1. The number of unbranched alkanes of at least 4 members (excludes halogenated alkanes) is 4. The van der Waals surface area contributed by atoms with Gasteiger partial charge in [-0.15, -0.1) is 11.3 Å². The van der Waals surface area contributed by atoms with Gasteiger partial charge in [-0.25, -0.2) is 9.78 Å². The van der Waals surface area contributed by atoms with Crippen molar-refractivity contribution in [2.24, 2.45) is 0 Å². The zero-order chi connectivity index (χ0) is 26.7. The van der Waals surface area contributed by atoms with Crippen molar-refractivity contribution in [3.8, 4) is 26.8 Å². The molecule has 5 nitrogen and oxygen atoms in total. The molecule has 1 heterocycles. The highest BCUT2D eigenvalue weighted by Gasteiger charge is 2.17. The van der Waals surface area contributed by atoms with Crippen LogP contribution in [0.4, 0.5) is 4.79 Å². The maximum atomic E-state index is 12.1. The van der Waals surface area contributed by atoms with Crippen LogP contribution in [0.2, 0.25) is 0 Å². The van der Waals surface area contributed by atoms with E-state index >= 15 is 0 Å². The summed E-state index contributed by atoms with van der Waals surface area (Å²) in [5.41, 5.74) is 3.60. The van der Waals surface area contributed by atoms with Gasteiger partial charge in [0.25, 0.3) is 0 Å². The number of amides is 1. The number of hydrogen-bond acceptors (Lipinski definition) is 5. The highest BCUT2D eigenvalue weighted by atomic mass is 32.1. The van der Waals surface area contributed by atoms with Gasteiger partial charge in [0.2, 0.25) is 0 Å². The van der Waals surface area contributed by atoms with Crippen molar-refractivity contribution in [1.82, 2.24) is 10.3 Å². The molecule has 0 spiro atoms. The van der Waals surface area contributed by atoms with Gasteiger partial charge in [-0.3, -0.25) is 5.32 Å². The Kier molecular flexibility index (Phi) is 10.8. The fraction of sp³-hybridized carbons (Fsp3) is 0.419. The lowest BCUT2D eigenvalue weighted by atomic mass is 10.1. The quantitative estimate of drug-likeness (QED) is 0.242. The summed E-state index contributed by atoms with van der Waals surface area (Å²) in [7, 11) is 0. The Morgan fingerprint density at radius 3 is 2.30 bits per heavy atom. The number of nitrogens with zero attached hydrogens (tertiary/aromatic N) is 1. The largest absolute Gasteiger partial charge is 0.494 e. The Labute approximate surface area is 225 Å². The monoisotopic (exact) mass is 520 g/mol. The minimum Gasteiger partial charge on any atom is -0.494 e. The molecule has 0 radical (unpaired) electrons. The maximum Gasteiger partial charge on any atom is 0.411 e. The Morgan fingerprint density at radius 2 is 1.65 bits per heavy atom. The van der Waals surface area contributed by atoms with Crippen LogP contribution in [0.5, 0.6) is 5.75 Å². The topological polar surface area (TPSA) is 60.5 Å². The van der Waals surface area contributed by atoms with Gasteiger partial charge < -0.3 is 9.47 Å². The number of alkyl carbamates (subject to hydrolysis) is 1. The van der Waals surface area contributed by atoms with E-state index < -0.39 is 11.7 Å². The zero-order valence-electron chi connectivity index (χ0n) is 22.8. The molecule has 0 unspecified atom stereocenters. The summed E-state index contributed by atoms with van der Waals surface area (Å²) >= 11 is 1.68. The lowest BCUT2D eigenvalue weighted by Gasteiger charge is -2.20. The van der Waals surface area contributed by atoms with Gasteiger partial charge in [-0.1, -0.05) is 62.9 Å². The van der Waals surface area contributed by atoms with E-state index in [1.807, 2.05) is 52.1 Å². The molecule has 1 amide bonds. The minimum absolute atomic E-state index is 0.436. The average molecular weight is 521 g/mol. The molecule has 6 heteroatoms. The predicted molar refractivity (Wildman–Crippen MR) is 154 cm³/mol. The van der Waals surface area contributed by atoms with Crippen LogP contribution in [0.1, 0.15) is 72.3 Å². The molecule has 0 atom stereocenters. The van der Waals surface area contributed by atoms with Crippen molar-refractivity contribution in [2.45, 2.75) is 78.7 Å². The summed E-state index contributed by atoms with van der Waals surface area (Å²) in [6, 6.07) is 16.6. The molecular weight excluding hydrogens is 480 g/mol. The van der Waals surface area contributed by atoms with Crippen molar-refractivity contribution >= 4 is 17.4 Å². The first-order valence-corrected chi connectivity index (χ1v) is 14.0. The number of nitrogens with one attached hydrogen (secondary N) is 1. The molecule has 0 saturated heterocycles. The first-order valence-electron chi connectivity index (χ1n) is 13.2. The van der Waals surface area contributed by atoms with Crippen LogP contribution in [0.3, 0.4) is 0 Å². The van der Waals surface area contributed by atoms with Gasteiger partial charge in [-0.2, -0.15) is 0 Å². The van der Waals surface area contributed by atoms with E-state index in [2.05, 4.69) is 53.6 Å². The smallest absolute Gasteiger partial charge is 0.411 e. The van der Waals surface area contributed by atoms with E-state index in [-0.39, 0.29) is 0 Å². The van der Waals surface area contributed by atoms with Gasteiger partial charge in [0.15, 0.2) is 0 Å². The minimum atomic E-state index is -0.527. The number of carbonyl (C=O) groups excluding carboxylic acids is 1. The SMILES string of the molecule is CC=C(Cc1ccc(-c2ncc(-c3ccc(OCCCCCCC)cc3)s2)cc1)NC(=O)OC(C)(C)C. The van der Waals surface area contributed by atoms with Crippen LogP contribution < -0.4 is 10.1 Å². The third kappa shape index (κ3) is 9.69. The molecule has 0 aliphatic carbocycles. The number of allylic oxidation sites excluding steroid dienone is 2. The molecule has 0 fully saturated rings. The Balaban J connectivity index is 1.54. The van der Waals surface area contributed by atoms with E-state index in [1.165, 1.54) is 25.7 Å². The second kappa shape index (κ2) is 14.0. The molecule has 0 bridgehead atoms. The number of ether oxygens (including phenoxy) is 2. The van der Waals surface area contributed by atoms with Crippen molar-refractivity contribution in [3.05, 3.63) is 72.1 Å². The summed E-state index contributed by atoms with van der Waals surface area (Å²) in [4.78, 5) is 17.9. The molecule has 1 aromatic heterocycles. The highest BCUT2D eigenvalue weighted by molar-refractivity contribution is 7.18. The number of aromatic nitrogens is 1. The second-order valence-corrected chi connectivity index (χ2v) is 11.2. The van der Waals surface area contributed by atoms with E-state index in [4.69, 9.17) is 9.47 Å². The number of hydrogen-bond donors (Lipinski definition) is 1. The van der Waals surface area contributed by atoms with E-state index in [0.717, 1.165) is 51.0 Å². The molecule has 0 aliphatic rings. The number of carbonyl (C=O) groups is 1. The summed E-state index contributed by atoms with van der Waals surface area (Å²) in [6.45, 7) is 10.5. The molecule has 198 valence electrons. The summed E-state index contributed by atoms with van der Waals surface area (Å²) in [5, 5.41) is 3.82. The molecule has 3 aromatic rings. The number of thiazole rings is 1. The molecule has 3 rings (SSSR count). The fourth-order valence-electron chi connectivity index (χ4n) is 3.79. The fourth-order valence-corrected chi connectivity index (χ4v) is 4.72. The lowest BCUT2D eigenvalue weighted by molar-refractivity contribution is 0.0544. The summed E-state index contributed by atoms with van der Waals surface area (Å²) in [5.74, 6) is 0.918. The molecule has 2 aromatic carbocycles. The first kappa shape index (κ1) is 28.5. The van der Waals surface area contributed by atoms with Gasteiger partial charge in [0.1, 0.15) is 16.4 Å². The normalized spacial score (nSPS) is 11.9. The number of benzene rings is 2.